The molecule has 0 aliphatic rings. The van der Waals surface area contributed by atoms with E-state index < -0.39 is 23.6 Å². The molecule has 0 aliphatic heterocycles. The molecule has 0 bridgehead atoms. The van der Waals surface area contributed by atoms with Crippen LogP contribution in [0.5, 0.6) is 0 Å². The summed E-state index contributed by atoms with van der Waals surface area (Å²) in [6.45, 7) is 0.0585. The molecule has 130 valence electrons. The van der Waals surface area contributed by atoms with Gasteiger partial charge in [0.15, 0.2) is 5.69 Å². The predicted octanol–water partition coefficient (Wildman–Crippen LogP) is 2.28. The van der Waals surface area contributed by atoms with Crippen LogP contribution in [0.15, 0.2) is 41.9 Å². The molecule has 0 fully saturated rings. The monoisotopic (exact) mass is 364 g/mol. The molecular weight excluding hydrogens is 350 g/mol. The molecule has 6 nitrogen and oxygen atoms in total. The lowest BCUT2D eigenvalue weighted by molar-refractivity contribution is 0.0945. The van der Waals surface area contributed by atoms with Crippen LogP contribution in [0, 0.1) is 11.6 Å². The second kappa shape index (κ2) is 7.49. The third-order valence-electron chi connectivity index (χ3n) is 3.46. The molecule has 2 aromatic heterocycles. The first-order valence-corrected chi connectivity index (χ1v) is 8.24. The van der Waals surface area contributed by atoms with Gasteiger partial charge in [0, 0.05) is 23.1 Å². The normalized spacial score (nSPS) is 12.1. The van der Waals surface area contributed by atoms with Crippen molar-refractivity contribution in [2.45, 2.75) is 19.2 Å². The van der Waals surface area contributed by atoms with Gasteiger partial charge in [-0.1, -0.05) is 17.3 Å². The van der Waals surface area contributed by atoms with Gasteiger partial charge < -0.3 is 10.4 Å². The molecule has 1 amide bonds. The quantitative estimate of drug-likeness (QED) is 0.703. The van der Waals surface area contributed by atoms with Crippen LogP contribution in [-0.2, 0) is 13.1 Å². The van der Waals surface area contributed by atoms with Crippen LogP contribution in [0.4, 0.5) is 8.78 Å². The molecule has 3 aromatic rings. The molecule has 0 saturated heterocycles. The van der Waals surface area contributed by atoms with Crippen molar-refractivity contribution < 1.29 is 18.7 Å². The molecule has 0 unspecified atom stereocenters. The fourth-order valence-electron chi connectivity index (χ4n) is 2.17. The van der Waals surface area contributed by atoms with Crippen molar-refractivity contribution in [2.24, 2.45) is 0 Å². The van der Waals surface area contributed by atoms with Crippen molar-refractivity contribution in [1.29, 1.82) is 0 Å². The third kappa shape index (κ3) is 4.25. The van der Waals surface area contributed by atoms with Gasteiger partial charge in [-0.05, 0) is 17.5 Å². The summed E-state index contributed by atoms with van der Waals surface area (Å²) in [6, 6.07) is 6.77. The standard InChI is InChI=1S/C16H14F2N4O2S/c17-11-4-3-10(12(18)6-11)7-19-16(24)13-8-22(21-20-13)9-14(23)15-2-1-5-25-15/h1-6,8,14,23H,7,9H2,(H,19,24)/t14-/m1/s1. The van der Waals surface area contributed by atoms with E-state index in [0.29, 0.717) is 0 Å². The van der Waals surface area contributed by atoms with E-state index in [1.807, 2.05) is 11.4 Å². The van der Waals surface area contributed by atoms with Crippen molar-refractivity contribution in [2.75, 3.05) is 0 Å². The van der Waals surface area contributed by atoms with Gasteiger partial charge >= 0.3 is 0 Å². The highest BCUT2D eigenvalue weighted by molar-refractivity contribution is 7.10. The van der Waals surface area contributed by atoms with Crippen LogP contribution in [-0.4, -0.2) is 26.0 Å². The average molecular weight is 364 g/mol. The fraction of sp³-hybridized carbons (Fsp3) is 0.188. The number of amides is 1. The fourth-order valence-corrected chi connectivity index (χ4v) is 2.87. The molecule has 25 heavy (non-hydrogen) atoms. The van der Waals surface area contributed by atoms with E-state index in [-0.39, 0.29) is 24.3 Å². The summed E-state index contributed by atoms with van der Waals surface area (Å²) in [4.78, 5) is 12.8. The van der Waals surface area contributed by atoms with Gasteiger partial charge in [-0.3, -0.25) is 4.79 Å². The number of aromatic nitrogens is 3. The minimum Gasteiger partial charge on any atom is -0.386 e. The van der Waals surface area contributed by atoms with E-state index in [0.717, 1.165) is 17.0 Å². The van der Waals surface area contributed by atoms with Crippen LogP contribution in [0.25, 0.3) is 0 Å². The van der Waals surface area contributed by atoms with Gasteiger partial charge in [-0.25, -0.2) is 13.5 Å². The Hall–Kier alpha value is -2.65. The second-order valence-electron chi connectivity index (χ2n) is 5.28. The first-order valence-electron chi connectivity index (χ1n) is 7.36. The van der Waals surface area contributed by atoms with Crippen LogP contribution >= 0.6 is 11.3 Å². The minimum absolute atomic E-state index is 0.0425. The summed E-state index contributed by atoms with van der Waals surface area (Å²) >= 11 is 1.42. The molecule has 0 spiro atoms. The SMILES string of the molecule is O=C(NCc1ccc(F)cc1F)c1cn(C[C@@H](O)c2cccs2)nn1. The number of nitrogens with one attached hydrogen (secondary N) is 1. The molecule has 9 heteroatoms. The van der Waals surface area contributed by atoms with Crippen molar-refractivity contribution in [3.63, 3.8) is 0 Å². The summed E-state index contributed by atoms with van der Waals surface area (Å²) in [6.07, 6.45) is 0.651. The van der Waals surface area contributed by atoms with Gasteiger partial charge in [0.25, 0.3) is 5.91 Å². The number of hydrogen-bond acceptors (Lipinski definition) is 5. The first kappa shape index (κ1) is 17.2. The van der Waals surface area contributed by atoms with Crippen LogP contribution in [0.3, 0.4) is 0 Å². The molecule has 0 saturated carbocycles. The number of rotatable bonds is 6. The van der Waals surface area contributed by atoms with Crippen LogP contribution < -0.4 is 5.32 Å². The van der Waals surface area contributed by atoms with Crippen LogP contribution in [0.2, 0.25) is 0 Å². The lowest BCUT2D eigenvalue weighted by atomic mass is 10.2. The largest absolute Gasteiger partial charge is 0.386 e. The number of benzene rings is 1. The number of aliphatic hydroxyl groups excluding tert-OH is 1. The topological polar surface area (TPSA) is 80.0 Å². The predicted molar refractivity (Wildman–Crippen MR) is 86.8 cm³/mol. The number of thiophene rings is 1. The Morgan fingerprint density at radius 1 is 1.36 bits per heavy atom. The molecular formula is C16H14F2N4O2S. The maximum absolute atomic E-state index is 13.5. The Bertz CT molecular complexity index is 867. The molecule has 1 atom stereocenters. The van der Waals surface area contributed by atoms with Crippen molar-refractivity contribution in [3.05, 3.63) is 69.7 Å². The second-order valence-corrected chi connectivity index (χ2v) is 6.25. The molecule has 1 aromatic carbocycles. The molecule has 2 N–H and O–H groups in total. The lowest BCUT2D eigenvalue weighted by Gasteiger charge is -2.07. The third-order valence-corrected chi connectivity index (χ3v) is 4.43. The summed E-state index contributed by atoms with van der Waals surface area (Å²) in [5.74, 6) is -1.96. The smallest absolute Gasteiger partial charge is 0.273 e. The van der Waals surface area contributed by atoms with E-state index >= 15 is 0 Å². The Balaban J connectivity index is 1.59. The highest BCUT2D eigenvalue weighted by Gasteiger charge is 2.15. The minimum atomic E-state index is -0.745. The number of halogens is 2. The van der Waals surface area contributed by atoms with E-state index in [4.69, 9.17) is 0 Å². The zero-order valence-corrected chi connectivity index (χ0v) is 13.7. The van der Waals surface area contributed by atoms with Gasteiger partial charge in [-0.15, -0.1) is 16.4 Å². The summed E-state index contributed by atoms with van der Waals surface area (Å²) < 4.78 is 27.7. The van der Waals surface area contributed by atoms with E-state index in [9.17, 15) is 18.7 Å². The summed E-state index contributed by atoms with van der Waals surface area (Å²) in [7, 11) is 0. The zero-order valence-electron chi connectivity index (χ0n) is 12.9. The number of aliphatic hydroxyl groups is 1. The van der Waals surface area contributed by atoms with E-state index in [2.05, 4.69) is 15.6 Å². The maximum Gasteiger partial charge on any atom is 0.273 e. The lowest BCUT2D eigenvalue weighted by Crippen LogP contribution is -2.23. The molecule has 2 heterocycles. The average Bonchev–Trinajstić information content (AvgIpc) is 3.25. The Morgan fingerprint density at radius 3 is 2.92 bits per heavy atom. The van der Waals surface area contributed by atoms with E-state index in [1.165, 1.54) is 28.3 Å². The molecule has 0 aliphatic carbocycles. The van der Waals surface area contributed by atoms with Crippen molar-refractivity contribution in [3.8, 4) is 0 Å². The first-order chi connectivity index (χ1) is 12.0. The Labute approximate surface area is 145 Å². The van der Waals surface area contributed by atoms with Gasteiger partial charge in [0.1, 0.15) is 17.7 Å². The number of carbonyl (C=O) groups excluding carboxylic acids is 1. The molecule has 3 rings (SSSR count). The van der Waals surface area contributed by atoms with E-state index in [1.54, 1.807) is 6.07 Å². The summed E-state index contributed by atoms with van der Waals surface area (Å²) in [5.41, 5.74) is 0.205. The van der Waals surface area contributed by atoms with Gasteiger partial charge in [0.2, 0.25) is 0 Å². The van der Waals surface area contributed by atoms with Gasteiger partial charge in [-0.2, -0.15) is 0 Å². The Morgan fingerprint density at radius 2 is 2.20 bits per heavy atom. The zero-order chi connectivity index (χ0) is 17.8. The van der Waals surface area contributed by atoms with Crippen molar-refractivity contribution >= 4 is 17.2 Å². The number of carbonyl (C=O) groups is 1. The highest BCUT2D eigenvalue weighted by Crippen LogP contribution is 2.20. The highest BCUT2D eigenvalue weighted by atomic mass is 32.1. The van der Waals surface area contributed by atoms with Crippen LogP contribution in [0.1, 0.15) is 27.0 Å². The number of hydrogen-bond donors (Lipinski definition) is 2. The van der Waals surface area contributed by atoms with Gasteiger partial charge in [0.05, 0.1) is 12.7 Å². The maximum atomic E-state index is 13.5. The number of nitrogens with zero attached hydrogens (tertiary/aromatic N) is 3. The Kier molecular flexibility index (Phi) is 5.15. The van der Waals surface area contributed by atoms with Crippen molar-refractivity contribution in [1.82, 2.24) is 20.3 Å². The summed E-state index contributed by atoms with van der Waals surface area (Å²) in [5, 5.41) is 21.9. The molecule has 0 radical (unpaired) electrons.